The number of hydrogen-bond acceptors (Lipinski definition) is 6. The highest BCUT2D eigenvalue weighted by Gasteiger charge is 2.26. The highest BCUT2D eigenvalue weighted by atomic mass is 16.7. The maximum atomic E-state index is 11.9. The van der Waals surface area contributed by atoms with Crippen LogP contribution in [0.2, 0.25) is 0 Å². The predicted molar refractivity (Wildman–Crippen MR) is 105 cm³/mol. The molecular formula is C21H28N2O5. The van der Waals surface area contributed by atoms with Crippen LogP contribution in [-0.4, -0.2) is 42.2 Å². The summed E-state index contributed by atoms with van der Waals surface area (Å²) < 4.78 is 16.1. The quantitative estimate of drug-likeness (QED) is 0.256. The van der Waals surface area contributed by atoms with E-state index < -0.39 is 17.7 Å². The fraction of sp³-hybridized carbons (Fsp3) is 0.524. The number of nitrogens with one attached hydrogen (secondary N) is 1. The third kappa shape index (κ3) is 7.03. The number of allylic oxidation sites excluding steroid dienone is 2. The molecule has 2 heterocycles. The number of nitrogens with zero attached hydrogens (tertiary/aromatic N) is 1. The number of carbonyl (C=O) groups excluding carboxylic acids is 2. The van der Waals surface area contributed by atoms with Crippen molar-refractivity contribution in [1.29, 1.82) is 0 Å². The molecule has 0 aromatic heterocycles. The Morgan fingerprint density at radius 2 is 2.21 bits per heavy atom. The molecule has 0 unspecified atom stereocenters. The molecule has 152 valence electrons. The molecule has 0 aliphatic carbocycles. The van der Waals surface area contributed by atoms with Crippen molar-refractivity contribution < 1.29 is 23.8 Å². The summed E-state index contributed by atoms with van der Waals surface area (Å²) in [5.74, 6) is 5.27. The van der Waals surface area contributed by atoms with E-state index in [1.54, 1.807) is 26.8 Å². The van der Waals surface area contributed by atoms with Gasteiger partial charge in [0.25, 0.3) is 5.95 Å². The summed E-state index contributed by atoms with van der Waals surface area (Å²) in [5.41, 5.74) is 0.648. The van der Waals surface area contributed by atoms with Crippen LogP contribution in [0.15, 0.2) is 36.1 Å². The van der Waals surface area contributed by atoms with Gasteiger partial charge in [0, 0.05) is 38.1 Å². The van der Waals surface area contributed by atoms with Gasteiger partial charge >= 0.3 is 12.1 Å². The Bertz CT molecular complexity index is 734. The van der Waals surface area contributed by atoms with Crippen LogP contribution in [0.1, 0.15) is 46.5 Å². The molecule has 7 nitrogen and oxygen atoms in total. The van der Waals surface area contributed by atoms with Gasteiger partial charge in [-0.05, 0) is 45.6 Å². The third-order valence-corrected chi connectivity index (χ3v) is 3.86. The van der Waals surface area contributed by atoms with E-state index in [-0.39, 0.29) is 12.5 Å². The predicted octanol–water partition coefficient (Wildman–Crippen LogP) is 3.20. The Kier molecular flexibility index (Phi) is 7.56. The van der Waals surface area contributed by atoms with E-state index in [1.807, 2.05) is 6.08 Å². The van der Waals surface area contributed by atoms with Crippen LogP contribution < -0.4 is 5.32 Å². The molecule has 1 amide bonds. The first-order valence-electron chi connectivity index (χ1n) is 9.42. The van der Waals surface area contributed by atoms with Crippen molar-refractivity contribution in [2.45, 2.75) is 52.1 Å². The van der Waals surface area contributed by atoms with Gasteiger partial charge in [0.1, 0.15) is 5.60 Å². The minimum atomic E-state index is -0.696. The number of rotatable bonds is 5. The number of carbonyl (C=O) groups is 2. The fourth-order valence-corrected chi connectivity index (χ4v) is 2.77. The van der Waals surface area contributed by atoms with Crippen LogP contribution in [0, 0.1) is 11.8 Å². The topological polar surface area (TPSA) is 77.1 Å². The molecule has 0 fully saturated rings. The van der Waals surface area contributed by atoms with Gasteiger partial charge in [-0.3, -0.25) is 0 Å². The molecule has 7 heteroatoms. The summed E-state index contributed by atoms with van der Waals surface area (Å²) in [6.45, 7) is 11.0. The largest absolute Gasteiger partial charge is 0.444 e. The van der Waals surface area contributed by atoms with Gasteiger partial charge in [0.2, 0.25) is 0 Å². The van der Waals surface area contributed by atoms with Crippen LogP contribution in [0.5, 0.6) is 0 Å². The summed E-state index contributed by atoms with van der Waals surface area (Å²) in [5, 5.41) is 2.57. The lowest BCUT2D eigenvalue weighted by Crippen LogP contribution is -2.32. The van der Waals surface area contributed by atoms with Crippen molar-refractivity contribution >= 4 is 12.1 Å². The van der Waals surface area contributed by atoms with Crippen molar-refractivity contribution in [2.75, 3.05) is 19.6 Å². The normalized spacial score (nSPS) is 16.0. The molecule has 2 rings (SSSR count). The number of alkyl carbamates (subject to hydrolysis) is 1. The Balaban J connectivity index is 1.75. The van der Waals surface area contributed by atoms with Gasteiger partial charge in [-0.2, -0.15) is 0 Å². The van der Waals surface area contributed by atoms with Crippen LogP contribution >= 0.6 is 0 Å². The second-order valence-electron chi connectivity index (χ2n) is 7.45. The smallest absolute Gasteiger partial charge is 0.407 e. The van der Waals surface area contributed by atoms with Crippen molar-refractivity contribution in [3.05, 3.63) is 36.1 Å². The average Bonchev–Trinajstić information content (AvgIpc) is 2.60. The lowest BCUT2D eigenvalue weighted by atomic mass is 10.0. The van der Waals surface area contributed by atoms with Crippen molar-refractivity contribution in [2.24, 2.45) is 0 Å². The molecule has 0 radical (unpaired) electrons. The first kappa shape index (κ1) is 21.4. The lowest BCUT2D eigenvalue weighted by molar-refractivity contribution is -0.138. The van der Waals surface area contributed by atoms with E-state index in [1.165, 1.54) is 5.57 Å². The second-order valence-corrected chi connectivity index (χ2v) is 7.45. The van der Waals surface area contributed by atoms with E-state index in [9.17, 15) is 9.59 Å². The molecule has 0 saturated carbocycles. The SMILES string of the molecule is C=CCN1CCCC2=C1OC(OC(=O)C#CCCNC(=O)OC(C)(C)C)=CC2. The number of amides is 1. The second kappa shape index (κ2) is 9.88. The van der Waals surface area contributed by atoms with Crippen molar-refractivity contribution in [1.82, 2.24) is 10.2 Å². The van der Waals surface area contributed by atoms with E-state index >= 15 is 0 Å². The molecule has 0 aromatic rings. The maximum Gasteiger partial charge on any atom is 0.407 e. The first-order valence-corrected chi connectivity index (χ1v) is 9.42. The Morgan fingerprint density at radius 1 is 1.43 bits per heavy atom. The van der Waals surface area contributed by atoms with Crippen LogP contribution in [0.3, 0.4) is 0 Å². The zero-order valence-corrected chi connectivity index (χ0v) is 16.8. The third-order valence-electron chi connectivity index (χ3n) is 3.86. The van der Waals surface area contributed by atoms with E-state index in [0.717, 1.165) is 25.3 Å². The summed E-state index contributed by atoms with van der Waals surface area (Å²) in [4.78, 5) is 25.5. The van der Waals surface area contributed by atoms with E-state index in [0.29, 0.717) is 19.4 Å². The highest BCUT2D eigenvalue weighted by molar-refractivity contribution is 5.89. The van der Waals surface area contributed by atoms with Crippen LogP contribution in [0.4, 0.5) is 4.79 Å². The zero-order chi connectivity index (χ0) is 20.6. The van der Waals surface area contributed by atoms with Gasteiger partial charge < -0.3 is 24.4 Å². The first-order chi connectivity index (χ1) is 13.3. The number of esters is 1. The fourth-order valence-electron chi connectivity index (χ4n) is 2.77. The zero-order valence-electron chi connectivity index (χ0n) is 16.8. The summed E-state index contributed by atoms with van der Waals surface area (Å²) >= 11 is 0. The average molecular weight is 388 g/mol. The molecule has 2 aliphatic rings. The number of ether oxygens (including phenoxy) is 3. The maximum absolute atomic E-state index is 11.9. The standard InChI is InChI=1S/C21H28N2O5/c1-5-14-23-15-8-9-16-11-12-18(27-19(16)23)26-17(24)10-6-7-13-22-20(25)28-21(2,3)4/h5,12H,1,7-9,11,13-15H2,2-4H3,(H,22,25). The van der Waals surface area contributed by atoms with E-state index in [2.05, 4.69) is 28.6 Å². The summed E-state index contributed by atoms with van der Waals surface area (Å²) in [6.07, 6.45) is 6.10. The van der Waals surface area contributed by atoms with Crippen LogP contribution in [-0.2, 0) is 19.0 Å². The minimum absolute atomic E-state index is 0.154. The highest BCUT2D eigenvalue weighted by Crippen LogP contribution is 2.31. The van der Waals surface area contributed by atoms with Crippen molar-refractivity contribution in [3.63, 3.8) is 0 Å². The molecule has 28 heavy (non-hydrogen) atoms. The monoisotopic (exact) mass is 388 g/mol. The van der Waals surface area contributed by atoms with Gasteiger partial charge in [-0.15, -0.1) is 6.58 Å². The molecule has 0 aromatic carbocycles. The Morgan fingerprint density at radius 3 is 2.93 bits per heavy atom. The Hall–Kier alpha value is -2.88. The molecular weight excluding hydrogens is 360 g/mol. The summed E-state index contributed by atoms with van der Waals surface area (Å²) in [6, 6.07) is 0. The van der Waals surface area contributed by atoms with Gasteiger partial charge in [0.15, 0.2) is 5.88 Å². The summed E-state index contributed by atoms with van der Waals surface area (Å²) in [7, 11) is 0. The Labute approximate surface area is 166 Å². The molecule has 0 spiro atoms. The van der Waals surface area contributed by atoms with Crippen molar-refractivity contribution in [3.8, 4) is 11.8 Å². The van der Waals surface area contributed by atoms with Gasteiger partial charge in [-0.1, -0.05) is 12.0 Å². The number of hydrogen-bond donors (Lipinski definition) is 1. The molecule has 0 saturated heterocycles. The van der Waals surface area contributed by atoms with E-state index in [4.69, 9.17) is 14.2 Å². The van der Waals surface area contributed by atoms with Crippen LogP contribution in [0.25, 0.3) is 0 Å². The minimum Gasteiger partial charge on any atom is -0.444 e. The molecule has 1 N–H and O–H groups in total. The van der Waals surface area contributed by atoms with Gasteiger partial charge in [0.05, 0.1) is 0 Å². The lowest BCUT2D eigenvalue weighted by Gasteiger charge is -2.34. The molecule has 2 aliphatic heterocycles. The van der Waals surface area contributed by atoms with Gasteiger partial charge in [-0.25, -0.2) is 9.59 Å². The molecule has 0 atom stereocenters. The molecule has 0 bridgehead atoms.